The van der Waals surface area contributed by atoms with Gasteiger partial charge in [-0.2, -0.15) is 5.26 Å². The minimum Gasteiger partial charge on any atom is -0.361 e. The van der Waals surface area contributed by atoms with E-state index in [1.54, 1.807) is 12.1 Å². The van der Waals surface area contributed by atoms with Crippen molar-refractivity contribution in [1.82, 2.24) is 23.9 Å². The normalized spacial score (nSPS) is 16.9. The molecule has 0 spiro atoms. The van der Waals surface area contributed by atoms with Crippen molar-refractivity contribution < 1.29 is 18.3 Å². The van der Waals surface area contributed by atoms with Crippen LogP contribution in [0.1, 0.15) is 65.8 Å². The number of hydrogen-bond acceptors (Lipinski definition) is 6. The predicted molar refractivity (Wildman–Crippen MR) is 193 cm³/mol. The molecule has 1 saturated carbocycles. The van der Waals surface area contributed by atoms with Crippen molar-refractivity contribution in [2.45, 2.75) is 77.5 Å². The summed E-state index contributed by atoms with van der Waals surface area (Å²) in [6, 6.07) is 11.0. The number of pyridine rings is 2. The summed E-state index contributed by atoms with van der Waals surface area (Å²) in [6.07, 6.45) is 5.59. The zero-order valence-corrected chi connectivity index (χ0v) is 30.9. The molecule has 2 fully saturated rings. The Hall–Kier alpha value is -4.18. The minimum atomic E-state index is -1.36. The molecule has 4 aromatic rings. The van der Waals surface area contributed by atoms with Gasteiger partial charge in [0.05, 0.1) is 11.1 Å². The van der Waals surface area contributed by atoms with Crippen LogP contribution in [-0.4, -0.2) is 71.7 Å². The van der Waals surface area contributed by atoms with Gasteiger partial charge in [0.1, 0.15) is 24.1 Å². The van der Waals surface area contributed by atoms with E-state index in [4.69, 9.17) is 9.72 Å². The van der Waals surface area contributed by atoms with Crippen LogP contribution >= 0.6 is 0 Å². The molecule has 12 heteroatoms. The number of rotatable bonds is 11. The van der Waals surface area contributed by atoms with E-state index in [1.165, 1.54) is 42.2 Å². The van der Waals surface area contributed by atoms with Gasteiger partial charge in [-0.15, -0.1) is 0 Å². The highest BCUT2D eigenvalue weighted by Gasteiger charge is 2.29. The molecule has 1 aliphatic carbocycles. The van der Waals surface area contributed by atoms with Gasteiger partial charge in [0.15, 0.2) is 11.6 Å². The number of nitriles is 1. The number of amides is 1. The second-order valence-corrected chi connectivity index (χ2v) is 21.0. The fourth-order valence-electron chi connectivity index (χ4n) is 6.77. The van der Waals surface area contributed by atoms with Gasteiger partial charge in [0.2, 0.25) is 0 Å². The molecule has 264 valence electrons. The molecular formula is C38H46F2N6O3Si. The van der Waals surface area contributed by atoms with Crippen LogP contribution in [0.2, 0.25) is 25.7 Å². The molecule has 50 heavy (non-hydrogen) atoms. The summed E-state index contributed by atoms with van der Waals surface area (Å²) in [5, 5.41) is 11.0. The first-order valence-corrected chi connectivity index (χ1v) is 21.2. The number of likely N-dealkylation sites (tertiary alicyclic amines) is 1. The maximum Gasteiger partial charge on any atom is 0.280 e. The van der Waals surface area contributed by atoms with E-state index >= 15 is 4.39 Å². The Labute approximate surface area is 293 Å². The average Bonchev–Trinajstić information content (AvgIpc) is 3.86. The molecule has 0 unspecified atom stereocenters. The lowest BCUT2D eigenvalue weighted by atomic mass is 9.97. The van der Waals surface area contributed by atoms with Crippen LogP contribution in [0.5, 0.6) is 0 Å². The van der Waals surface area contributed by atoms with Crippen molar-refractivity contribution in [3.8, 4) is 23.0 Å². The number of carbonyl (C=O) groups excluding carboxylic acids is 1. The highest BCUT2D eigenvalue weighted by molar-refractivity contribution is 6.76. The molecule has 6 rings (SSSR count). The van der Waals surface area contributed by atoms with E-state index in [9.17, 15) is 19.2 Å². The summed E-state index contributed by atoms with van der Waals surface area (Å²) in [4.78, 5) is 36.2. The predicted octanol–water partition coefficient (Wildman–Crippen LogP) is 7.13. The maximum atomic E-state index is 15.3. The van der Waals surface area contributed by atoms with Crippen molar-refractivity contribution in [2.24, 2.45) is 5.92 Å². The van der Waals surface area contributed by atoms with Crippen LogP contribution in [0.4, 0.5) is 8.78 Å². The van der Waals surface area contributed by atoms with Gasteiger partial charge >= 0.3 is 0 Å². The monoisotopic (exact) mass is 700 g/mol. The number of aromatic nitrogens is 3. The van der Waals surface area contributed by atoms with E-state index in [-0.39, 0.29) is 29.6 Å². The standard InChI is InChI=1S/C38H46F2N6O3Si/c1-24-8-7-13-44(20-24)22-28-18-30-27(19-41)21-45(38(48)36(30)46(28)23-49-14-15-50(4,5)6)33-17-26(16-32(42-33)25-9-10-25)29-11-12-31(39)35(40)34(29)37(47)43(2)3/h11-12,16-18,21,24-25H,7-10,13-15,20,22-23H2,1-6H3/t24-/m0/s1. The van der Waals surface area contributed by atoms with Gasteiger partial charge in [-0.25, -0.2) is 13.8 Å². The fourth-order valence-corrected chi connectivity index (χ4v) is 7.53. The van der Waals surface area contributed by atoms with Crippen LogP contribution in [0, 0.1) is 28.9 Å². The number of benzene rings is 1. The Morgan fingerprint density at radius 3 is 2.56 bits per heavy atom. The Bertz CT molecular complexity index is 2040. The number of carbonyl (C=O) groups is 1. The Morgan fingerprint density at radius 1 is 1.14 bits per heavy atom. The Balaban J connectivity index is 1.52. The summed E-state index contributed by atoms with van der Waals surface area (Å²) < 4.78 is 39.3. The van der Waals surface area contributed by atoms with Gasteiger partial charge in [0, 0.05) is 70.8 Å². The van der Waals surface area contributed by atoms with Gasteiger partial charge in [0.25, 0.3) is 11.5 Å². The fraction of sp³-hybridized carbons (Fsp3) is 0.474. The minimum absolute atomic E-state index is 0.129. The first-order chi connectivity index (χ1) is 23.8. The molecule has 9 nitrogen and oxygen atoms in total. The molecule has 1 saturated heterocycles. The largest absolute Gasteiger partial charge is 0.361 e. The summed E-state index contributed by atoms with van der Waals surface area (Å²) in [7, 11) is 1.59. The second-order valence-electron chi connectivity index (χ2n) is 15.4. The van der Waals surface area contributed by atoms with Crippen molar-refractivity contribution in [3.05, 3.63) is 81.0 Å². The van der Waals surface area contributed by atoms with Crippen molar-refractivity contribution >= 4 is 24.9 Å². The zero-order valence-electron chi connectivity index (χ0n) is 29.9. The third-order valence-electron chi connectivity index (χ3n) is 9.72. The number of fused-ring (bicyclic) bond motifs is 1. The SMILES string of the molecule is C[C@H]1CCCN(Cc2cc3c(C#N)cn(-c4cc(-c5ccc(F)c(F)c5C(=O)N(C)C)cc(C5CC5)n4)c(=O)c3n2COCC[Si](C)(C)C)C1. The molecule has 3 aromatic heterocycles. The van der Waals surface area contributed by atoms with E-state index in [0.717, 1.165) is 50.2 Å². The van der Waals surface area contributed by atoms with E-state index in [2.05, 4.69) is 37.5 Å². The Morgan fingerprint density at radius 2 is 1.90 bits per heavy atom. The van der Waals surface area contributed by atoms with Crippen LogP contribution in [-0.2, 0) is 18.0 Å². The lowest BCUT2D eigenvalue weighted by molar-refractivity contribution is 0.0822. The summed E-state index contributed by atoms with van der Waals surface area (Å²) in [6.45, 7) is 12.4. The Kier molecular flexibility index (Phi) is 10.1. The van der Waals surface area contributed by atoms with Crippen molar-refractivity contribution in [3.63, 3.8) is 0 Å². The second kappa shape index (κ2) is 14.2. The lowest BCUT2D eigenvalue weighted by Gasteiger charge is -2.31. The lowest BCUT2D eigenvalue weighted by Crippen LogP contribution is -2.34. The molecular weight excluding hydrogens is 655 g/mol. The molecule has 0 N–H and O–H groups in total. The average molecular weight is 701 g/mol. The highest BCUT2D eigenvalue weighted by atomic mass is 28.3. The van der Waals surface area contributed by atoms with Crippen molar-refractivity contribution in [1.29, 1.82) is 5.26 Å². The molecule has 1 amide bonds. The summed E-state index contributed by atoms with van der Waals surface area (Å²) in [5.74, 6) is -2.11. The molecule has 1 aromatic carbocycles. The van der Waals surface area contributed by atoms with E-state index in [0.29, 0.717) is 46.8 Å². The summed E-state index contributed by atoms with van der Waals surface area (Å²) >= 11 is 0. The van der Waals surface area contributed by atoms with Crippen molar-refractivity contribution in [2.75, 3.05) is 33.8 Å². The van der Waals surface area contributed by atoms with Crippen LogP contribution in [0.25, 0.3) is 27.8 Å². The third-order valence-corrected chi connectivity index (χ3v) is 11.4. The number of nitrogens with zero attached hydrogens (tertiary/aromatic N) is 6. The number of ether oxygens (including phenoxy) is 1. The van der Waals surface area contributed by atoms with Crippen LogP contribution < -0.4 is 5.56 Å². The van der Waals surface area contributed by atoms with Gasteiger partial charge in [-0.3, -0.25) is 19.1 Å². The molecule has 0 radical (unpaired) electrons. The quantitative estimate of drug-likeness (QED) is 0.122. The first-order valence-electron chi connectivity index (χ1n) is 17.5. The van der Waals surface area contributed by atoms with Gasteiger partial charge < -0.3 is 14.2 Å². The molecule has 4 heterocycles. The van der Waals surface area contributed by atoms with Crippen LogP contribution in [0.15, 0.2) is 41.3 Å². The zero-order chi connectivity index (χ0) is 35.9. The highest BCUT2D eigenvalue weighted by Crippen LogP contribution is 2.41. The van der Waals surface area contributed by atoms with E-state index < -0.39 is 31.2 Å². The smallest absolute Gasteiger partial charge is 0.280 e. The van der Waals surface area contributed by atoms with Crippen LogP contribution in [0.3, 0.4) is 0 Å². The molecule has 2 aliphatic rings. The third kappa shape index (κ3) is 7.45. The van der Waals surface area contributed by atoms with E-state index in [1.807, 2.05) is 10.6 Å². The summed E-state index contributed by atoms with van der Waals surface area (Å²) in [5.41, 5.74) is 2.11. The number of hydrogen-bond donors (Lipinski definition) is 0. The first kappa shape index (κ1) is 35.6. The number of halogens is 2. The molecule has 0 bridgehead atoms. The van der Waals surface area contributed by atoms with Gasteiger partial charge in [-0.05, 0) is 79.6 Å². The van der Waals surface area contributed by atoms with Gasteiger partial charge in [-0.1, -0.05) is 32.6 Å². The number of piperidine rings is 1. The maximum absolute atomic E-state index is 15.3. The topological polar surface area (TPSA) is 96.4 Å². The molecule has 1 aliphatic heterocycles. The molecule has 1 atom stereocenters.